The number of nitrogens with zero attached hydrogens (tertiary/aromatic N) is 6. The number of ether oxygens (including phenoxy) is 2. The summed E-state index contributed by atoms with van der Waals surface area (Å²) in [5.41, 5.74) is 1.52. The number of morpholine rings is 2. The summed E-state index contributed by atoms with van der Waals surface area (Å²) >= 11 is 0. The first-order chi connectivity index (χ1) is 15.2. The molecular weight excluding hydrogens is 399 g/mol. The molecule has 4 heterocycles. The Morgan fingerprint density at radius 2 is 1.77 bits per heavy atom. The topological polar surface area (TPSA) is 68.5 Å². The Kier molecular flexibility index (Phi) is 5.45. The Morgan fingerprint density at radius 3 is 2.58 bits per heavy atom. The molecule has 2 aromatic heterocycles. The molecule has 5 rings (SSSR count). The Balaban J connectivity index is 1.67. The molecule has 0 radical (unpaired) electrons. The highest BCUT2D eigenvalue weighted by Crippen LogP contribution is 2.28. The van der Waals surface area contributed by atoms with E-state index in [0.717, 1.165) is 42.3 Å². The van der Waals surface area contributed by atoms with Crippen LogP contribution in [0.2, 0.25) is 0 Å². The lowest BCUT2D eigenvalue weighted by Gasteiger charge is -2.39. The van der Waals surface area contributed by atoms with Gasteiger partial charge in [0.25, 0.3) is 0 Å². The molecule has 0 saturated carbocycles. The number of imidazole rings is 1. The average molecular weight is 426 g/mol. The van der Waals surface area contributed by atoms with Crippen LogP contribution >= 0.6 is 0 Å². The lowest BCUT2D eigenvalue weighted by molar-refractivity contribution is 0.0281. The van der Waals surface area contributed by atoms with E-state index in [0.29, 0.717) is 31.6 Å². The lowest BCUT2D eigenvalue weighted by atomic mass is 10.1. The van der Waals surface area contributed by atoms with Gasteiger partial charge < -0.3 is 19.3 Å². The molecular formula is C22H27FN6O2. The van der Waals surface area contributed by atoms with Crippen LogP contribution in [-0.4, -0.2) is 71.1 Å². The monoisotopic (exact) mass is 426 g/mol. The van der Waals surface area contributed by atoms with Crippen LogP contribution in [0, 0.1) is 0 Å². The van der Waals surface area contributed by atoms with Gasteiger partial charge in [0.1, 0.15) is 24.1 Å². The Bertz CT molecular complexity index is 1070. The zero-order chi connectivity index (χ0) is 21.4. The molecule has 2 saturated heterocycles. The molecule has 0 amide bonds. The van der Waals surface area contributed by atoms with Gasteiger partial charge in [-0.25, -0.2) is 9.37 Å². The molecule has 3 aromatic rings. The summed E-state index contributed by atoms with van der Waals surface area (Å²) in [5, 5.41) is 0. The fraction of sp³-hybridized carbons (Fsp3) is 0.500. The summed E-state index contributed by atoms with van der Waals surface area (Å²) in [6, 6.07) is 9.80. The highest BCUT2D eigenvalue weighted by Gasteiger charge is 2.28. The van der Waals surface area contributed by atoms with E-state index in [4.69, 9.17) is 19.4 Å². The number of para-hydroxylation sites is 2. The summed E-state index contributed by atoms with van der Waals surface area (Å²) in [6.07, 6.45) is 0.0921. The minimum Gasteiger partial charge on any atom is -0.378 e. The van der Waals surface area contributed by atoms with Gasteiger partial charge in [-0.05, 0) is 26.0 Å². The van der Waals surface area contributed by atoms with Crippen LogP contribution in [-0.2, 0) is 16.1 Å². The second-order valence-corrected chi connectivity index (χ2v) is 7.98. The van der Waals surface area contributed by atoms with Gasteiger partial charge in [0.05, 0.1) is 43.0 Å². The fourth-order valence-electron chi connectivity index (χ4n) is 4.26. The number of alkyl halides is 1. The van der Waals surface area contributed by atoms with E-state index in [9.17, 15) is 4.39 Å². The van der Waals surface area contributed by atoms with Crippen molar-refractivity contribution < 1.29 is 13.9 Å². The summed E-state index contributed by atoms with van der Waals surface area (Å²) < 4.78 is 27.0. The van der Waals surface area contributed by atoms with Gasteiger partial charge in [-0.1, -0.05) is 12.1 Å². The third-order valence-corrected chi connectivity index (χ3v) is 6.15. The Labute approximate surface area is 180 Å². The van der Waals surface area contributed by atoms with Gasteiger partial charge in [-0.15, -0.1) is 0 Å². The number of aromatic nitrogens is 4. The van der Waals surface area contributed by atoms with Crippen molar-refractivity contribution in [1.29, 1.82) is 0 Å². The van der Waals surface area contributed by atoms with Crippen LogP contribution in [0.5, 0.6) is 0 Å². The summed E-state index contributed by atoms with van der Waals surface area (Å²) in [6.45, 7) is 7.72. The van der Waals surface area contributed by atoms with Crippen molar-refractivity contribution >= 4 is 22.7 Å². The molecule has 2 atom stereocenters. The maximum Gasteiger partial charge on any atom is 0.239 e. The van der Waals surface area contributed by atoms with Gasteiger partial charge in [0.2, 0.25) is 5.95 Å². The van der Waals surface area contributed by atoms with Gasteiger partial charge >= 0.3 is 0 Å². The van der Waals surface area contributed by atoms with E-state index < -0.39 is 6.67 Å². The molecule has 31 heavy (non-hydrogen) atoms. The molecule has 0 unspecified atom stereocenters. The van der Waals surface area contributed by atoms with Crippen molar-refractivity contribution in [2.24, 2.45) is 0 Å². The maximum absolute atomic E-state index is 13.9. The van der Waals surface area contributed by atoms with Gasteiger partial charge in [-0.3, -0.25) is 4.57 Å². The molecule has 164 valence electrons. The second kappa shape index (κ2) is 8.39. The van der Waals surface area contributed by atoms with Gasteiger partial charge in [0, 0.05) is 25.7 Å². The fourth-order valence-corrected chi connectivity index (χ4v) is 4.26. The van der Waals surface area contributed by atoms with Crippen molar-refractivity contribution in [2.45, 2.75) is 32.7 Å². The largest absolute Gasteiger partial charge is 0.378 e. The van der Waals surface area contributed by atoms with Crippen LogP contribution in [0.3, 0.4) is 0 Å². The van der Waals surface area contributed by atoms with E-state index in [2.05, 4.69) is 28.6 Å². The molecule has 2 aliphatic heterocycles. The number of anilines is 2. The normalized spacial score (nSPS) is 22.3. The molecule has 0 N–H and O–H groups in total. The van der Waals surface area contributed by atoms with Crippen LogP contribution in [0.25, 0.3) is 17.0 Å². The zero-order valence-electron chi connectivity index (χ0n) is 17.9. The van der Waals surface area contributed by atoms with Gasteiger partial charge in [0.15, 0.2) is 0 Å². The molecule has 8 nitrogen and oxygen atoms in total. The molecule has 0 aliphatic carbocycles. The van der Waals surface area contributed by atoms with Crippen LogP contribution in [0.4, 0.5) is 16.0 Å². The van der Waals surface area contributed by atoms with Crippen LogP contribution in [0.15, 0.2) is 30.3 Å². The van der Waals surface area contributed by atoms with Crippen LogP contribution in [0.1, 0.15) is 19.7 Å². The molecule has 0 bridgehead atoms. The average Bonchev–Trinajstić information content (AvgIpc) is 3.20. The predicted octanol–water partition coefficient (Wildman–Crippen LogP) is 2.74. The molecule has 2 aliphatic rings. The molecule has 9 heteroatoms. The minimum atomic E-state index is -0.694. The number of halogens is 1. The van der Waals surface area contributed by atoms with Gasteiger partial charge in [-0.2, -0.15) is 9.97 Å². The van der Waals surface area contributed by atoms with Crippen molar-refractivity contribution in [2.75, 3.05) is 49.3 Å². The maximum atomic E-state index is 13.9. The van der Waals surface area contributed by atoms with E-state index in [1.54, 1.807) is 4.57 Å². The number of rotatable bonds is 4. The van der Waals surface area contributed by atoms with E-state index >= 15 is 0 Å². The smallest absolute Gasteiger partial charge is 0.239 e. The van der Waals surface area contributed by atoms with Crippen molar-refractivity contribution in [3.63, 3.8) is 0 Å². The van der Waals surface area contributed by atoms with Crippen molar-refractivity contribution in [3.8, 4) is 5.95 Å². The Hall–Kier alpha value is -2.78. The predicted molar refractivity (Wildman–Crippen MR) is 117 cm³/mol. The number of hydrogen-bond acceptors (Lipinski definition) is 7. The number of hydrogen-bond donors (Lipinski definition) is 0. The quantitative estimate of drug-likeness (QED) is 0.635. The van der Waals surface area contributed by atoms with E-state index in [1.165, 1.54) is 0 Å². The zero-order valence-corrected chi connectivity index (χ0v) is 17.9. The second-order valence-electron chi connectivity index (χ2n) is 7.98. The number of fused-ring (bicyclic) bond motifs is 1. The van der Waals surface area contributed by atoms with Crippen molar-refractivity contribution in [1.82, 2.24) is 19.5 Å². The summed E-state index contributed by atoms with van der Waals surface area (Å²) in [7, 11) is 0. The molecule has 0 spiro atoms. The third-order valence-electron chi connectivity index (χ3n) is 6.15. The number of benzene rings is 1. The highest BCUT2D eigenvalue weighted by molar-refractivity contribution is 5.77. The molecule has 2 fully saturated rings. The highest BCUT2D eigenvalue weighted by atomic mass is 19.1. The lowest BCUT2D eigenvalue weighted by Crippen LogP contribution is -2.49. The first-order valence-corrected chi connectivity index (χ1v) is 10.8. The third kappa shape index (κ3) is 3.72. The summed E-state index contributed by atoms with van der Waals surface area (Å²) in [4.78, 5) is 18.7. The molecule has 1 aromatic carbocycles. The minimum absolute atomic E-state index is 0.0921. The summed E-state index contributed by atoms with van der Waals surface area (Å²) in [5.74, 6) is 2.37. The first kappa shape index (κ1) is 20.1. The first-order valence-electron chi connectivity index (χ1n) is 10.8. The standard InChI is InChI=1S/C22H27FN6O2/c1-15-16(2)31-12-9-28(15)20-13-19(27-7-10-30-11-8-27)25-22(26-20)29-18-6-4-3-5-17(18)24-21(29)14-23/h3-6,13,15-16H,7-12,14H2,1-2H3/t15-,16+/m0/s1. The van der Waals surface area contributed by atoms with Crippen molar-refractivity contribution in [3.05, 3.63) is 36.2 Å². The van der Waals surface area contributed by atoms with E-state index in [-0.39, 0.29) is 12.1 Å². The Morgan fingerprint density at radius 1 is 1.00 bits per heavy atom. The SMILES string of the molecule is C[C@H]1OCCN(c2cc(N3CCOCC3)nc(-n3c(CF)nc4ccccc43)n2)[C@H]1C. The van der Waals surface area contributed by atoms with Crippen LogP contribution < -0.4 is 9.80 Å². The van der Waals surface area contributed by atoms with E-state index in [1.807, 2.05) is 30.3 Å².